The molecule has 0 atom stereocenters. The number of rotatable bonds is 7. The lowest BCUT2D eigenvalue weighted by Crippen LogP contribution is -2.26. The molecule has 1 aromatic heterocycles. The molecule has 0 spiro atoms. The molecule has 0 unspecified atom stereocenters. The molecular weight excluding hydrogens is 250 g/mol. The molecule has 0 saturated carbocycles. The van der Waals surface area contributed by atoms with E-state index in [1.165, 1.54) is 0 Å². The van der Waals surface area contributed by atoms with Crippen LogP contribution < -0.4 is 0 Å². The monoisotopic (exact) mass is 271 g/mol. The van der Waals surface area contributed by atoms with Gasteiger partial charge in [0, 0.05) is 12.5 Å². The van der Waals surface area contributed by atoms with Crippen molar-refractivity contribution in [2.75, 3.05) is 13.7 Å². The average Bonchev–Trinajstić information content (AvgIpc) is 2.81. The van der Waals surface area contributed by atoms with Gasteiger partial charge in [0.1, 0.15) is 10.6 Å². The lowest BCUT2D eigenvalue weighted by molar-refractivity contribution is -0.142. The number of carbonyl (C=O) groups is 1. The van der Waals surface area contributed by atoms with Crippen LogP contribution in [0, 0.1) is 0 Å². The second-order valence-corrected chi connectivity index (χ2v) is 4.89. The van der Waals surface area contributed by atoms with Gasteiger partial charge in [-0.2, -0.15) is 0 Å². The zero-order valence-corrected chi connectivity index (χ0v) is 12.3. The second-order valence-electron chi connectivity index (χ2n) is 4.03. The van der Waals surface area contributed by atoms with Gasteiger partial charge in [0.15, 0.2) is 0 Å². The van der Waals surface area contributed by atoms with Crippen molar-refractivity contribution in [1.82, 2.24) is 4.98 Å². The molecular formula is C13H21NO3S. The molecule has 0 amide bonds. The highest BCUT2D eigenvalue weighted by Crippen LogP contribution is 2.34. The van der Waals surface area contributed by atoms with Crippen LogP contribution in [0.5, 0.6) is 0 Å². The third-order valence-electron chi connectivity index (χ3n) is 3.11. The topological polar surface area (TPSA) is 48.4 Å². The molecule has 5 heteroatoms. The fraction of sp³-hybridized carbons (Fsp3) is 0.692. The molecule has 0 fully saturated rings. The Hall–Kier alpha value is -0.940. The fourth-order valence-electron chi connectivity index (χ4n) is 1.89. The van der Waals surface area contributed by atoms with E-state index in [-0.39, 0.29) is 18.0 Å². The van der Waals surface area contributed by atoms with Crippen molar-refractivity contribution < 1.29 is 14.3 Å². The SMILES string of the molecule is CCOC(=O)Cc1csc(C(CC)(CC)OC)n1. The molecule has 18 heavy (non-hydrogen) atoms. The van der Waals surface area contributed by atoms with Crippen molar-refractivity contribution in [3.63, 3.8) is 0 Å². The third-order valence-corrected chi connectivity index (χ3v) is 4.18. The van der Waals surface area contributed by atoms with Crippen LogP contribution in [0.1, 0.15) is 44.3 Å². The van der Waals surface area contributed by atoms with Gasteiger partial charge in [-0.3, -0.25) is 4.79 Å². The number of nitrogens with zero attached hydrogens (tertiary/aromatic N) is 1. The van der Waals surface area contributed by atoms with Gasteiger partial charge in [-0.25, -0.2) is 4.98 Å². The van der Waals surface area contributed by atoms with E-state index in [1.54, 1.807) is 25.4 Å². The Labute approximate surface area is 112 Å². The van der Waals surface area contributed by atoms with Crippen LogP contribution in [0.25, 0.3) is 0 Å². The first-order chi connectivity index (χ1) is 8.61. The fourth-order valence-corrected chi connectivity index (χ4v) is 3.03. The third kappa shape index (κ3) is 3.29. The normalized spacial score (nSPS) is 11.6. The number of hydrogen-bond acceptors (Lipinski definition) is 5. The molecule has 102 valence electrons. The van der Waals surface area contributed by atoms with Crippen LogP contribution in [0.15, 0.2) is 5.38 Å². The average molecular weight is 271 g/mol. The van der Waals surface area contributed by atoms with E-state index in [4.69, 9.17) is 9.47 Å². The number of thiazole rings is 1. The summed E-state index contributed by atoms with van der Waals surface area (Å²) in [6, 6.07) is 0. The molecule has 1 aromatic rings. The molecule has 0 radical (unpaired) electrons. The molecule has 0 saturated heterocycles. The quantitative estimate of drug-likeness (QED) is 0.715. The summed E-state index contributed by atoms with van der Waals surface area (Å²) >= 11 is 1.55. The molecule has 0 aliphatic rings. The molecule has 0 bridgehead atoms. The molecule has 1 heterocycles. The Balaban J connectivity index is 2.81. The molecule has 4 nitrogen and oxygen atoms in total. The number of ether oxygens (including phenoxy) is 2. The van der Waals surface area contributed by atoms with Gasteiger partial charge in [0.05, 0.1) is 18.7 Å². The zero-order valence-electron chi connectivity index (χ0n) is 11.5. The maximum atomic E-state index is 11.4. The summed E-state index contributed by atoms with van der Waals surface area (Å²) in [6.45, 7) is 6.37. The number of hydrogen-bond donors (Lipinski definition) is 0. The van der Waals surface area contributed by atoms with Gasteiger partial charge in [-0.05, 0) is 19.8 Å². The number of aromatic nitrogens is 1. The van der Waals surface area contributed by atoms with Crippen molar-refractivity contribution in [2.45, 2.75) is 45.6 Å². The number of carbonyl (C=O) groups excluding carboxylic acids is 1. The Morgan fingerprint density at radius 2 is 2.06 bits per heavy atom. The van der Waals surface area contributed by atoms with Crippen LogP contribution in [0.4, 0.5) is 0 Å². The first-order valence-corrected chi connectivity index (χ1v) is 7.15. The minimum Gasteiger partial charge on any atom is -0.466 e. The predicted molar refractivity (Wildman–Crippen MR) is 71.7 cm³/mol. The predicted octanol–water partition coefficient (Wildman–Crippen LogP) is 2.91. The van der Waals surface area contributed by atoms with E-state index < -0.39 is 0 Å². The number of methoxy groups -OCH3 is 1. The Morgan fingerprint density at radius 3 is 2.56 bits per heavy atom. The number of esters is 1. The van der Waals surface area contributed by atoms with E-state index in [0.29, 0.717) is 6.61 Å². The highest BCUT2D eigenvalue weighted by molar-refractivity contribution is 7.09. The summed E-state index contributed by atoms with van der Waals surface area (Å²) in [5.41, 5.74) is 0.439. The maximum Gasteiger partial charge on any atom is 0.311 e. The van der Waals surface area contributed by atoms with Crippen LogP contribution in [-0.4, -0.2) is 24.7 Å². The molecule has 0 aliphatic carbocycles. The Bertz CT molecular complexity index is 377. The summed E-state index contributed by atoms with van der Waals surface area (Å²) in [7, 11) is 1.71. The lowest BCUT2D eigenvalue weighted by Gasteiger charge is -2.27. The van der Waals surface area contributed by atoms with Crippen molar-refractivity contribution in [3.8, 4) is 0 Å². The van der Waals surface area contributed by atoms with Crippen LogP contribution in [0.3, 0.4) is 0 Å². The lowest BCUT2D eigenvalue weighted by atomic mass is 9.98. The standard InChI is InChI=1S/C13H21NO3S/c1-5-13(6-2,16-4)12-14-10(9-18-12)8-11(15)17-7-3/h9H,5-8H2,1-4H3. The summed E-state index contributed by atoms with van der Waals surface area (Å²) in [5, 5.41) is 2.85. The smallest absolute Gasteiger partial charge is 0.311 e. The molecule has 1 rings (SSSR count). The van der Waals surface area contributed by atoms with Crippen molar-refractivity contribution in [1.29, 1.82) is 0 Å². The highest BCUT2D eigenvalue weighted by Gasteiger charge is 2.31. The minimum atomic E-state index is -0.322. The van der Waals surface area contributed by atoms with Crippen molar-refractivity contribution >= 4 is 17.3 Å². The molecule has 0 N–H and O–H groups in total. The first kappa shape index (κ1) is 15.1. The van der Waals surface area contributed by atoms with Gasteiger partial charge >= 0.3 is 5.97 Å². The maximum absolute atomic E-state index is 11.4. The van der Waals surface area contributed by atoms with E-state index in [2.05, 4.69) is 18.8 Å². The highest BCUT2D eigenvalue weighted by atomic mass is 32.1. The van der Waals surface area contributed by atoms with Gasteiger partial charge < -0.3 is 9.47 Å². The van der Waals surface area contributed by atoms with Gasteiger partial charge in [-0.15, -0.1) is 11.3 Å². The van der Waals surface area contributed by atoms with Crippen LogP contribution >= 0.6 is 11.3 Å². The van der Waals surface area contributed by atoms with Crippen LogP contribution in [0.2, 0.25) is 0 Å². The van der Waals surface area contributed by atoms with Gasteiger partial charge in [0.25, 0.3) is 0 Å². The summed E-state index contributed by atoms with van der Waals surface area (Å²) in [4.78, 5) is 15.9. The van der Waals surface area contributed by atoms with E-state index in [9.17, 15) is 4.79 Å². The van der Waals surface area contributed by atoms with Gasteiger partial charge in [0.2, 0.25) is 0 Å². The summed E-state index contributed by atoms with van der Waals surface area (Å²) < 4.78 is 10.5. The van der Waals surface area contributed by atoms with E-state index in [1.807, 2.05) is 5.38 Å². The molecule has 0 aromatic carbocycles. The molecule has 0 aliphatic heterocycles. The van der Waals surface area contributed by atoms with Crippen molar-refractivity contribution in [2.24, 2.45) is 0 Å². The first-order valence-electron chi connectivity index (χ1n) is 6.27. The Kier molecular flexibility index (Phi) is 5.75. The summed E-state index contributed by atoms with van der Waals surface area (Å²) in [6.07, 6.45) is 1.97. The Morgan fingerprint density at radius 1 is 1.39 bits per heavy atom. The zero-order chi connectivity index (χ0) is 13.6. The van der Waals surface area contributed by atoms with E-state index in [0.717, 1.165) is 23.5 Å². The minimum absolute atomic E-state index is 0.231. The summed E-state index contributed by atoms with van der Waals surface area (Å²) in [5.74, 6) is -0.231. The second kappa shape index (κ2) is 6.85. The van der Waals surface area contributed by atoms with Crippen molar-refractivity contribution in [3.05, 3.63) is 16.1 Å². The van der Waals surface area contributed by atoms with E-state index >= 15 is 0 Å². The van der Waals surface area contributed by atoms with Gasteiger partial charge in [-0.1, -0.05) is 13.8 Å². The largest absolute Gasteiger partial charge is 0.466 e. The van der Waals surface area contributed by atoms with Crippen LogP contribution in [-0.2, 0) is 26.3 Å².